The molecule has 0 radical (unpaired) electrons. The quantitative estimate of drug-likeness (QED) is 0.907. The number of aromatic nitrogens is 2. The van der Waals surface area contributed by atoms with Crippen LogP contribution in [0.3, 0.4) is 0 Å². The summed E-state index contributed by atoms with van der Waals surface area (Å²) in [4.78, 5) is 22.5. The number of carbonyl (C=O) groups excluding carboxylic acids is 1. The van der Waals surface area contributed by atoms with Gasteiger partial charge in [-0.3, -0.25) is 4.79 Å². The van der Waals surface area contributed by atoms with E-state index in [0.29, 0.717) is 18.1 Å². The van der Waals surface area contributed by atoms with E-state index in [9.17, 15) is 9.18 Å². The number of carbonyl (C=O) groups is 1. The van der Waals surface area contributed by atoms with E-state index in [0.717, 1.165) is 24.4 Å². The molecule has 1 aliphatic rings. The summed E-state index contributed by atoms with van der Waals surface area (Å²) in [6.07, 6.45) is 3.17. The lowest BCUT2D eigenvalue weighted by Gasteiger charge is -2.32. The van der Waals surface area contributed by atoms with Crippen molar-refractivity contribution < 1.29 is 9.18 Å². The van der Waals surface area contributed by atoms with Crippen LogP contribution in [0.5, 0.6) is 0 Å². The molecule has 3 rings (SSSR count). The summed E-state index contributed by atoms with van der Waals surface area (Å²) in [5.41, 5.74) is 1.18. The third-order valence-corrected chi connectivity index (χ3v) is 4.75. The van der Waals surface area contributed by atoms with Crippen LogP contribution in [0.1, 0.15) is 24.1 Å². The van der Waals surface area contributed by atoms with Crippen LogP contribution in [-0.4, -0.2) is 39.9 Å². The third kappa shape index (κ3) is 4.45. The van der Waals surface area contributed by atoms with Gasteiger partial charge in [0.25, 0.3) is 0 Å². The number of nitrogens with zero attached hydrogens (tertiary/aromatic N) is 3. The molecule has 1 aliphatic heterocycles. The van der Waals surface area contributed by atoms with Crippen LogP contribution < -0.4 is 5.32 Å². The molecule has 1 N–H and O–H groups in total. The number of rotatable bonds is 4. The molecule has 0 atom stereocenters. The van der Waals surface area contributed by atoms with E-state index in [1.165, 1.54) is 18.5 Å². The summed E-state index contributed by atoms with van der Waals surface area (Å²) >= 11 is 6.01. The van der Waals surface area contributed by atoms with Crippen molar-refractivity contribution in [3.8, 4) is 0 Å². The number of anilines is 1. The highest BCUT2D eigenvalue weighted by Gasteiger charge is 2.24. The van der Waals surface area contributed by atoms with Gasteiger partial charge in [0.05, 0.1) is 6.42 Å². The van der Waals surface area contributed by atoms with E-state index in [2.05, 4.69) is 15.3 Å². The molecule has 5 nitrogen and oxygen atoms in total. The van der Waals surface area contributed by atoms with Crippen LogP contribution >= 0.6 is 11.6 Å². The Morgan fingerprint density at radius 2 is 2.12 bits per heavy atom. The molecular weight excluding hydrogens is 343 g/mol. The highest BCUT2D eigenvalue weighted by Crippen LogP contribution is 2.22. The topological polar surface area (TPSA) is 58.1 Å². The zero-order valence-corrected chi connectivity index (χ0v) is 14.8. The average Bonchev–Trinajstić information content (AvgIpc) is 2.59. The Hall–Kier alpha value is -2.21. The summed E-state index contributed by atoms with van der Waals surface area (Å²) in [6, 6.07) is 6.63. The largest absolute Gasteiger partial charge is 0.367 e. The Kier molecular flexibility index (Phi) is 5.48. The predicted octanol–water partition coefficient (Wildman–Crippen LogP) is 3.22. The molecule has 2 heterocycles. The van der Waals surface area contributed by atoms with Crippen molar-refractivity contribution in [3.63, 3.8) is 0 Å². The zero-order chi connectivity index (χ0) is 17.8. The molecule has 1 fully saturated rings. The van der Waals surface area contributed by atoms with Gasteiger partial charge in [-0.15, -0.1) is 0 Å². The molecule has 0 bridgehead atoms. The Bertz CT molecular complexity index is 742. The maximum absolute atomic E-state index is 13.8. The number of nitrogens with one attached hydrogen (secondary N) is 1. The van der Waals surface area contributed by atoms with Crippen LogP contribution in [0.4, 0.5) is 10.2 Å². The summed E-state index contributed by atoms with van der Waals surface area (Å²) in [7, 11) is 0. The van der Waals surface area contributed by atoms with Gasteiger partial charge >= 0.3 is 0 Å². The van der Waals surface area contributed by atoms with Gasteiger partial charge in [0.2, 0.25) is 5.91 Å². The lowest BCUT2D eigenvalue weighted by molar-refractivity contribution is -0.131. The molecule has 0 aliphatic carbocycles. The number of amides is 1. The fourth-order valence-electron chi connectivity index (χ4n) is 2.98. The van der Waals surface area contributed by atoms with Crippen LogP contribution in [0.15, 0.2) is 30.6 Å². The van der Waals surface area contributed by atoms with Gasteiger partial charge in [0.1, 0.15) is 18.0 Å². The molecule has 2 aromatic rings. The first-order chi connectivity index (χ1) is 12.0. The van der Waals surface area contributed by atoms with Gasteiger partial charge < -0.3 is 10.2 Å². The van der Waals surface area contributed by atoms with Gasteiger partial charge in [0.15, 0.2) is 0 Å². The fraction of sp³-hybridized carbons (Fsp3) is 0.389. The SMILES string of the molecule is Cc1cc(NC2CCN(C(=O)Cc3c(F)cccc3Cl)CC2)ncn1. The molecule has 1 saturated heterocycles. The van der Waals surface area contributed by atoms with Gasteiger partial charge in [-0.05, 0) is 31.9 Å². The number of likely N-dealkylation sites (tertiary alicyclic amines) is 1. The maximum Gasteiger partial charge on any atom is 0.227 e. The van der Waals surface area contributed by atoms with Crippen molar-refractivity contribution in [1.29, 1.82) is 0 Å². The minimum absolute atomic E-state index is 0.00525. The monoisotopic (exact) mass is 362 g/mol. The number of hydrogen-bond donors (Lipinski definition) is 1. The summed E-state index contributed by atoms with van der Waals surface area (Å²) in [5, 5.41) is 3.67. The number of halogens is 2. The van der Waals surface area contributed by atoms with E-state index in [1.54, 1.807) is 11.0 Å². The first-order valence-electron chi connectivity index (χ1n) is 8.29. The summed E-state index contributed by atoms with van der Waals surface area (Å²) < 4.78 is 13.8. The van der Waals surface area contributed by atoms with E-state index in [4.69, 9.17) is 11.6 Å². The molecule has 1 aromatic heterocycles. The molecule has 25 heavy (non-hydrogen) atoms. The number of aryl methyl sites for hydroxylation is 1. The second-order valence-corrected chi connectivity index (χ2v) is 6.63. The van der Waals surface area contributed by atoms with E-state index in [1.807, 2.05) is 13.0 Å². The van der Waals surface area contributed by atoms with Crippen LogP contribution in [0.2, 0.25) is 5.02 Å². The van der Waals surface area contributed by atoms with E-state index >= 15 is 0 Å². The van der Waals surface area contributed by atoms with Gasteiger partial charge in [-0.1, -0.05) is 17.7 Å². The lowest BCUT2D eigenvalue weighted by Crippen LogP contribution is -2.43. The molecule has 1 aromatic carbocycles. The third-order valence-electron chi connectivity index (χ3n) is 4.39. The van der Waals surface area contributed by atoms with Gasteiger partial charge in [-0.2, -0.15) is 0 Å². The van der Waals surface area contributed by atoms with Crippen molar-refractivity contribution in [2.24, 2.45) is 0 Å². The summed E-state index contributed by atoms with van der Waals surface area (Å²) in [5.74, 6) is 0.273. The normalized spacial score (nSPS) is 15.2. The average molecular weight is 363 g/mol. The molecule has 0 unspecified atom stereocenters. The first-order valence-corrected chi connectivity index (χ1v) is 8.66. The highest BCUT2D eigenvalue weighted by molar-refractivity contribution is 6.31. The fourth-order valence-corrected chi connectivity index (χ4v) is 3.21. The number of piperidine rings is 1. The molecule has 132 valence electrons. The predicted molar refractivity (Wildman–Crippen MR) is 95.1 cm³/mol. The van der Waals surface area contributed by atoms with Crippen molar-refractivity contribution in [2.45, 2.75) is 32.2 Å². The minimum atomic E-state index is -0.434. The Morgan fingerprint density at radius 1 is 1.36 bits per heavy atom. The Labute approximate surface area is 151 Å². The van der Waals surface area contributed by atoms with Crippen molar-refractivity contribution in [2.75, 3.05) is 18.4 Å². The van der Waals surface area contributed by atoms with E-state index < -0.39 is 5.82 Å². The highest BCUT2D eigenvalue weighted by atomic mass is 35.5. The zero-order valence-electron chi connectivity index (χ0n) is 14.0. The molecule has 0 saturated carbocycles. The van der Waals surface area contributed by atoms with Crippen LogP contribution in [0, 0.1) is 12.7 Å². The first kappa shape index (κ1) is 17.6. The Morgan fingerprint density at radius 3 is 2.80 bits per heavy atom. The van der Waals surface area contributed by atoms with Crippen molar-refractivity contribution in [1.82, 2.24) is 14.9 Å². The van der Waals surface area contributed by atoms with Crippen molar-refractivity contribution >= 4 is 23.3 Å². The lowest BCUT2D eigenvalue weighted by atomic mass is 10.0. The smallest absolute Gasteiger partial charge is 0.227 e. The van der Waals surface area contributed by atoms with Crippen LogP contribution in [0.25, 0.3) is 0 Å². The van der Waals surface area contributed by atoms with Gasteiger partial charge in [0, 0.05) is 41.5 Å². The molecule has 1 amide bonds. The number of benzene rings is 1. The van der Waals surface area contributed by atoms with Gasteiger partial charge in [-0.25, -0.2) is 14.4 Å². The van der Waals surface area contributed by atoms with E-state index in [-0.39, 0.29) is 23.9 Å². The standard InChI is InChI=1S/C18H20ClFN4O/c1-12-9-17(22-11-21-12)23-13-5-7-24(8-6-13)18(25)10-14-15(19)3-2-4-16(14)20/h2-4,9,11,13H,5-8,10H2,1H3,(H,21,22,23). The maximum atomic E-state index is 13.8. The van der Waals surface area contributed by atoms with Crippen molar-refractivity contribution in [3.05, 3.63) is 52.7 Å². The molecule has 7 heteroatoms. The second kappa shape index (κ2) is 7.78. The minimum Gasteiger partial charge on any atom is -0.367 e. The molecular formula is C18H20ClFN4O. The molecule has 0 spiro atoms. The second-order valence-electron chi connectivity index (χ2n) is 6.22. The van der Waals surface area contributed by atoms with Crippen LogP contribution in [-0.2, 0) is 11.2 Å². The number of hydrogen-bond acceptors (Lipinski definition) is 4. The summed E-state index contributed by atoms with van der Waals surface area (Å²) in [6.45, 7) is 3.18. The Balaban J connectivity index is 1.54.